The Morgan fingerprint density at radius 2 is 2.26 bits per heavy atom. The summed E-state index contributed by atoms with van der Waals surface area (Å²) >= 11 is 5.80. The molecule has 1 heterocycles. The molecule has 1 unspecified atom stereocenters. The lowest BCUT2D eigenvalue weighted by atomic mass is 10.2. The third-order valence-corrected chi connectivity index (χ3v) is 2.69. The van der Waals surface area contributed by atoms with Gasteiger partial charge in [0, 0.05) is 22.7 Å². The number of aliphatic hydroxyl groups is 1. The van der Waals surface area contributed by atoms with Gasteiger partial charge >= 0.3 is 0 Å². The van der Waals surface area contributed by atoms with Crippen LogP contribution < -0.4 is 0 Å². The number of halogens is 1. The van der Waals surface area contributed by atoms with E-state index in [1.165, 1.54) is 18.2 Å². The summed E-state index contributed by atoms with van der Waals surface area (Å²) in [6.07, 6.45) is -0.388. The molecule has 0 spiro atoms. The number of non-ortho nitro benzene ring substituents is 1. The van der Waals surface area contributed by atoms with Crippen LogP contribution in [0, 0.1) is 10.1 Å². The van der Waals surface area contributed by atoms with Gasteiger partial charge in [-0.1, -0.05) is 23.7 Å². The average molecular weight is 284 g/mol. The van der Waals surface area contributed by atoms with E-state index in [-0.39, 0.29) is 22.4 Å². The molecule has 1 aromatic heterocycles. The van der Waals surface area contributed by atoms with Gasteiger partial charge in [-0.3, -0.25) is 10.1 Å². The van der Waals surface area contributed by atoms with Crippen molar-refractivity contribution < 1.29 is 14.6 Å². The topological polar surface area (TPSA) is 102 Å². The first-order valence-electron chi connectivity index (χ1n) is 5.48. The molecule has 0 saturated carbocycles. The highest BCUT2D eigenvalue weighted by Crippen LogP contribution is 2.28. The second-order valence-corrected chi connectivity index (χ2v) is 4.27. The van der Waals surface area contributed by atoms with Crippen molar-refractivity contribution in [3.05, 3.63) is 39.2 Å². The van der Waals surface area contributed by atoms with Gasteiger partial charge in [-0.05, 0) is 12.5 Å². The van der Waals surface area contributed by atoms with Crippen LogP contribution in [0.15, 0.2) is 22.7 Å². The van der Waals surface area contributed by atoms with E-state index in [1.807, 2.05) is 0 Å². The molecule has 2 aromatic rings. The SMILES string of the molecule is CCC(O)c1noc(-c2cc(Cl)cc([N+](=O)[O-])c2)n1. The Bertz CT molecular complexity index is 614. The van der Waals surface area contributed by atoms with Crippen LogP contribution in [0.1, 0.15) is 25.3 Å². The number of nitro benzene ring substituents is 1. The third-order valence-electron chi connectivity index (χ3n) is 2.47. The van der Waals surface area contributed by atoms with Gasteiger partial charge in [0.05, 0.1) is 4.92 Å². The number of aliphatic hydroxyl groups excluding tert-OH is 1. The van der Waals surface area contributed by atoms with Crippen molar-refractivity contribution >= 4 is 17.3 Å². The van der Waals surface area contributed by atoms with Crippen molar-refractivity contribution in [2.75, 3.05) is 0 Å². The van der Waals surface area contributed by atoms with E-state index in [9.17, 15) is 15.2 Å². The maximum atomic E-state index is 10.7. The number of rotatable bonds is 4. The highest BCUT2D eigenvalue weighted by molar-refractivity contribution is 6.31. The van der Waals surface area contributed by atoms with E-state index < -0.39 is 11.0 Å². The van der Waals surface area contributed by atoms with E-state index in [0.29, 0.717) is 12.0 Å². The first-order valence-corrected chi connectivity index (χ1v) is 5.86. The molecule has 2 rings (SSSR count). The Kier molecular flexibility index (Phi) is 3.77. The lowest BCUT2D eigenvalue weighted by molar-refractivity contribution is -0.384. The van der Waals surface area contributed by atoms with Crippen molar-refractivity contribution in [3.63, 3.8) is 0 Å². The van der Waals surface area contributed by atoms with Gasteiger partial charge in [-0.15, -0.1) is 0 Å². The van der Waals surface area contributed by atoms with Crippen molar-refractivity contribution in [1.29, 1.82) is 0 Å². The molecule has 0 aliphatic heterocycles. The largest absolute Gasteiger partial charge is 0.385 e. The predicted molar refractivity (Wildman–Crippen MR) is 66.6 cm³/mol. The van der Waals surface area contributed by atoms with Crippen LogP contribution in [0.4, 0.5) is 5.69 Å². The summed E-state index contributed by atoms with van der Waals surface area (Å²) in [4.78, 5) is 14.2. The minimum absolute atomic E-state index is 0.0769. The van der Waals surface area contributed by atoms with Crippen LogP contribution in [0.2, 0.25) is 5.02 Å². The summed E-state index contributed by atoms with van der Waals surface area (Å²) in [5.74, 6) is 0.216. The summed E-state index contributed by atoms with van der Waals surface area (Å²) in [7, 11) is 0. The summed E-state index contributed by atoms with van der Waals surface area (Å²) in [6, 6.07) is 3.98. The Labute approximate surface area is 113 Å². The van der Waals surface area contributed by atoms with Gasteiger partial charge in [0.25, 0.3) is 11.6 Å². The summed E-state index contributed by atoms with van der Waals surface area (Å²) in [5, 5.41) is 24.1. The van der Waals surface area contributed by atoms with Crippen LogP contribution in [0.3, 0.4) is 0 Å². The lowest BCUT2D eigenvalue weighted by Gasteiger charge is -1.99. The molecule has 1 atom stereocenters. The number of benzene rings is 1. The molecule has 0 aliphatic carbocycles. The van der Waals surface area contributed by atoms with Crippen molar-refractivity contribution in [3.8, 4) is 11.5 Å². The van der Waals surface area contributed by atoms with Gasteiger partial charge in [0.1, 0.15) is 6.10 Å². The smallest absolute Gasteiger partial charge is 0.271 e. The standard InChI is InChI=1S/C11H10ClN3O4/c1-2-9(16)10-13-11(19-14-10)6-3-7(12)5-8(4-6)15(17)18/h3-5,9,16H,2H2,1H3. The molecule has 1 aromatic carbocycles. The molecule has 7 nitrogen and oxygen atoms in total. The fraction of sp³-hybridized carbons (Fsp3) is 0.273. The molecule has 0 radical (unpaired) electrons. The number of nitrogens with zero attached hydrogens (tertiary/aromatic N) is 3. The second-order valence-electron chi connectivity index (χ2n) is 3.84. The number of hydrogen-bond acceptors (Lipinski definition) is 6. The molecule has 19 heavy (non-hydrogen) atoms. The van der Waals surface area contributed by atoms with Gasteiger partial charge < -0.3 is 9.63 Å². The maximum absolute atomic E-state index is 10.7. The molecule has 0 aliphatic rings. The summed E-state index contributed by atoms with van der Waals surface area (Å²) < 4.78 is 4.96. The average Bonchev–Trinajstić information content (AvgIpc) is 2.86. The Morgan fingerprint density at radius 3 is 2.89 bits per heavy atom. The molecule has 0 fully saturated rings. The Balaban J connectivity index is 2.41. The minimum Gasteiger partial charge on any atom is -0.385 e. The Hall–Kier alpha value is -1.99. The molecule has 0 amide bonds. The van der Waals surface area contributed by atoms with Crippen molar-refractivity contribution in [2.24, 2.45) is 0 Å². The molecular formula is C11H10ClN3O4. The van der Waals surface area contributed by atoms with Crippen LogP contribution >= 0.6 is 11.6 Å². The molecule has 0 bridgehead atoms. The van der Waals surface area contributed by atoms with E-state index >= 15 is 0 Å². The quantitative estimate of drug-likeness (QED) is 0.683. The van der Waals surface area contributed by atoms with Crippen LogP contribution in [-0.2, 0) is 0 Å². The number of hydrogen-bond donors (Lipinski definition) is 1. The van der Waals surface area contributed by atoms with E-state index in [4.69, 9.17) is 16.1 Å². The van der Waals surface area contributed by atoms with E-state index in [2.05, 4.69) is 10.1 Å². The molecule has 8 heteroatoms. The zero-order valence-electron chi connectivity index (χ0n) is 9.91. The van der Waals surface area contributed by atoms with Gasteiger partial charge in [-0.2, -0.15) is 4.98 Å². The number of nitro groups is 1. The highest BCUT2D eigenvalue weighted by Gasteiger charge is 2.17. The lowest BCUT2D eigenvalue weighted by Crippen LogP contribution is -1.97. The van der Waals surface area contributed by atoms with Gasteiger partial charge in [-0.25, -0.2) is 0 Å². The maximum Gasteiger partial charge on any atom is 0.271 e. The normalized spacial score (nSPS) is 12.4. The van der Waals surface area contributed by atoms with Crippen molar-refractivity contribution in [1.82, 2.24) is 10.1 Å². The second kappa shape index (κ2) is 5.33. The van der Waals surface area contributed by atoms with E-state index in [0.717, 1.165) is 0 Å². The fourth-order valence-electron chi connectivity index (χ4n) is 1.47. The fourth-order valence-corrected chi connectivity index (χ4v) is 1.70. The van der Waals surface area contributed by atoms with Crippen LogP contribution in [0.5, 0.6) is 0 Å². The zero-order chi connectivity index (χ0) is 14.0. The number of aromatic nitrogens is 2. The minimum atomic E-state index is -0.827. The molecule has 100 valence electrons. The van der Waals surface area contributed by atoms with Gasteiger partial charge in [0.15, 0.2) is 0 Å². The third kappa shape index (κ3) is 2.88. The highest BCUT2D eigenvalue weighted by atomic mass is 35.5. The van der Waals surface area contributed by atoms with E-state index in [1.54, 1.807) is 6.92 Å². The first kappa shape index (κ1) is 13.4. The van der Waals surface area contributed by atoms with Crippen molar-refractivity contribution in [2.45, 2.75) is 19.4 Å². The Morgan fingerprint density at radius 1 is 1.53 bits per heavy atom. The summed E-state index contributed by atoms with van der Waals surface area (Å²) in [5.41, 5.74) is 0.166. The molecule has 1 N–H and O–H groups in total. The monoisotopic (exact) mass is 283 g/mol. The zero-order valence-corrected chi connectivity index (χ0v) is 10.7. The van der Waals surface area contributed by atoms with Crippen LogP contribution in [0.25, 0.3) is 11.5 Å². The van der Waals surface area contributed by atoms with Crippen LogP contribution in [-0.4, -0.2) is 20.2 Å². The first-order chi connectivity index (χ1) is 9.01. The predicted octanol–water partition coefficient (Wildman–Crippen LogP) is 2.74. The summed E-state index contributed by atoms with van der Waals surface area (Å²) in [6.45, 7) is 1.77. The van der Waals surface area contributed by atoms with Gasteiger partial charge in [0.2, 0.25) is 5.82 Å². The molecule has 0 saturated heterocycles. The molecular weight excluding hydrogens is 274 g/mol.